The van der Waals surface area contributed by atoms with E-state index in [4.69, 9.17) is 4.42 Å². The molecule has 0 aliphatic rings. The maximum absolute atomic E-state index is 12.7. The van der Waals surface area contributed by atoms with Crippen molar-refractivity contribution in [2.45, 2.75) is 17.9 Å². The van der Waals surface area contributed by atoms with Crippen molar-refractivity contribution in [3.8, 4) is 0 Å². The molecule has 2 N–H and O–H groups in total. The first-order chi connectivity index (χ1) is 11.0. The summed E-state index contributed by atoms with van der Waals surface area (Å²) in [6.07, 6.45) is 3.05. The summed E-state index contributed by atoms with van der Waals surface area (Å²) in [5.41, 5.74) is 1.34. The standard InChI is InChI=1S/C16H16N2O4S/c1-11-8-12-4-2-6-15(16(12)17-9-11)23(20,21)18-13(10-19)14-5-3-7-22-14/h2-9,13,18-19H,10H2,1H3. The second kappa shape index (κ2) is 6.11. The monoisotopic (exact) mass is 332 g/mol. The van der Waals surface area contributed by atoms with Gasteiger partial charge in [-0.05, 0) is 36.8 Å². The predicted molar refractivity (Wildman–Crippen MR) is 85.3 cm³/mol. The van der Waals surface area contributed by atoms with Gasteiger partial charge in [-0.15, -0.1) is 0 Å². The number of pyridine rings is 1. The number of aliphatic hydroxyl groups is 1. The molecule has 0 fully saturated rings. The average molecular weight is 332 g/mol. The Hall–Kier alpha value is -2.22. The first-order valence-corrected chi connectivity index (χ1v) is 8.51. The zero-order valence-electron chi connectivity index (χ0n) is 12.4. The van der Waals surface area contributed by atoms with Crippen LogP contribution < -0.4 is 4.72 Å². The van der Waals surface area contributed by atoms with E-state index in [9.17, 15) is 13.5 Å². The lowest BCUT2D eigenvalue weighted by Crippen LogP contribution is -2.30. The summed E-state index contributed by atoms with van der Waals surface area (Å²) in [7, 11) is -3.87. The summed E-state index contributed by atoms with van der Waals surface area (Å²) in [5, 5.41) is 10.2. The van der Waals surface area contributed by atoms with Gasteiger partial charge in [0.25, 0.3) is 0 Å². The van der Waals surface area contributed by atoms with E-state index in [0.29, 0.717) is 11.3 Å². The van der Waals surface area contributed by atoms with E-state index >= 15 is 0 Å². The molecule has 0 saturated carbocycles. The van der Waals surface area contributed by atoms with E-state index in [-0.39, 0.29) is 4.90 Å². The zero-order chi connectivity index (χ0) is 16.4. The lowest BCUT2D eigenvalue weighted by molar-refractivity contribution is 0.242. The largest absolute Gasteiger partial charge is 0.468 e. The third-order valence-electron chi connectivity index (χ3n) is 3.47. The first kappa shape index (κ1) is 15.7. The molecule has 6 nitrogen and oxygen atoms in total. The van der Waals surface area contributed by atoms with E-state index < -0.39 is 22.7 Å². The third-order valence-corrected chi connectivity index (χ3v) is 4.97. The van der Waals surface area contributed by atoms with Crippen LogP contribution in [-0.2, 0) is 10.0 Å². The van der Waals surface area contributed by atoms with E-state index in [1.165, 1.54) is 12.3 Å². The smallest absolute Gasteiger partial charge is 0.243 e. The number of hydrogen-bond acceptors (Lipinski definition) is 5. The number of hydrogen-bond donors (Lipinski definition) is 2. The predicted octanol–water partition coefficient (Wildman–Crippen LogP) is 2.15. The topological polar surface area (TPSA) is 92.4 Å². The number of furan rings is 1. The normalized spacial score (nSPS) is 13.3. The van der Waals surface area contributed by atoms with Crippen LogP contribution in [0, 0.1) is 6.92 Å². The van der Waals surface area contributed by atoms with Gasteiger partial charge in [-0.25, -0.2) is 8.42 Å². The van der Waals surface area contributed by atoms with E-state index in [0.717, 1.165) is 10.9 Å². The molecule has 23 heavy (non-hydrogen) atoms. The van der Waals surface area contributed by atoms with Crippen molar-refractivity contribution in [1.29, 1.82) is 0 Å². The van der Waals surface area contributed by atoms with Crippen LogP contribution in [0.1, 0.15) is 17.4 Å². The van der Waals surface area contributed by atoms with Crippen molar-refractivity contribution in [2.75, 3.05) is 6.61 Å². The molecule has 0 spiro atoms. The zero-order valence-corrected chi connectivity index (χ0v) is 13.2. The second-order valence-corrected chi connectivity index (χ2v) is 6.89. The molecule has 0 aliphatic heterocycles. The Morgan fingerprint density at radius 2 is 2.13 bits per heavy atom. The molecule has 3 aromatic rings. The van der Waals surface area contributed by atoms with Crippen molar-refractivity contribution < 1.29 is 17.9 Å². The summed E-state index contributed by atoms with van der Waals surface area (Å²) in [4.78, 5) is 4.31. The molecule has 3 rings (SSSR count). The lowest BCUT2D eigenvalue weighted by atomic mass is 10.2. The van der Waals surface area contributed by atoms with Gasteiger partial charge in [0.15, 0.2) is 0 Å². The molecule has 1 aromatic carbocycles. The molecule has 0 radical (unpaired) electrons. The van der Waals surface area contributed by atoms with Crippen molar-refractivity contribution >= 4 is 20.9 Å². The van der Waals surface area contributed by atoms with Crippen LogP contribution >= 0.6 is 0 Å². The van der Waals surface area contributed by atoms with Crippen molar-refractivity contribution in [1.82, 2.24) is 9.71 Å². The highest BCUT2D eigenvalue weighted by molar-refractivity contribution is 7.89. The summed E-state index contributed by atoms with van der Waals surface area (Å²) >= 11 is 0. The van der Waals surface area contributed by atoms with Gasteiger partial charge >= 0.3 is 0 Å². The Balaban J connectivity index is 2.03. The van der Waals surface area contributed by atoms with Crippen LogP contribution in [0.2, 0.25) is 0 Å². The average Bonchev–Trinajstić information content (AvgIpc) is 3.06. The van der Waals surface area contributed by atoms with Crippen LogP contribution in [0.4, 0.5) is 0 Å². The molecule has 0 saturated heterocycles. The van der Waals surface area contributed by atoms with E-state index in [1.807, 2.05) is 19.1 Å². The number of aliphatic hydroxyl groups excluding tert-OH is 1. The molecular formula is C16H16N2O4S. The highest BCUT2D eigenvalue weighted by Crippen LogP contribution is 2.24. The number of nitrogens with zero attached hydrogens (tertiary/aromatic N) is 1. The van der Waals surface area contributed by atoms with Crippen LogP contribution in [-0.4, -0.2) is 25.1 Å². The van der Waals surface area contributed by atoms with Crippen LogP contribution in [0.5, 0.6) is 0 Å². The fourth-order valence-electron chi connectivity index (χ4n) is 2.39. The Bertz CT molecular complexity index is 920. The van der Waals surface area contributed by atoms with E-state index in [2.05, 4.69) is 9.71 Å². The van der Waals surface area contributed by atoms with E-state index in [1.54, 1.807) is 24.4 Å². The summed E-state index contributed by atoms with van der Waals surface area (Å²) in [6, 6.07) is 9.23. The maximum atomic E-state index is 12.7. The van der Waals surface area contributed by atoms with Crippen LogP contribution in [0.25, 0.3) is 10.9 Å². The van der Waals surface area contributed by atoms with Gasteiger partial charge in [0.1, 0.15) is 16.7 Å². The van der Waals surface area contributed by atoms with Crippen LogP contribution in [0.15, 0.2) is 58.2 Å². The number of aryl methyl sites for hydroxylation is 1. The number of benzene rings is 1. The lowest BCUT2D eigenvalue weighted by Gasteiger charge is -2.15. The summed E-state index contributed by atoms with van der Waals surface area (Å²) < 4.78 is 33.0. The Labute approximate surface area is 133 Å². The maximum Gasteiger partial charge on any atom is 0.243 e. The highest BCUT2D eigenvalue weighted by atomic mass is 32.2. The minimum atomic E-state index is -3.87. The molecule has 7 heteroatoms. The Morgan fingerprint density at radius 3 is 2.83 bits per heavy atom. The van der Waals surface area contributed by atoms with Crippen molar-refractivity contribution in [3.63, 3.8) is 0 Å². The fourth-order valence-corrected chi connectivity index (χ4v) is 3.76. The second-order valence-electron chi connectivity index (χ2n) is 5.21. The van der Waals surface area contributed by atoms with Gasteiger partial charge in [-0.2, -0.15) is 4.72 Å². The van der Waals surface area contributed by atoms with Gasteiger partial charge in [-0.3, -0.25) is 4.98 Å². The van der Waals surface area contributed by atoms with Crippen LogP contribution in [0.3, 0.4) is 0 Å². The van der Waals surface area contributed by atoms with Gasteiger partial charge in [0.2, 0.25) is 10.0 Å². The molecule has 0 amide bonds. The minimum absolute atomic E-state index is 0.0695. The third kappa shape index (κ3) is 3.12. The molecule has 120 valence electrons. The minimum Gasteiger partial charge on any atom is -0.468 e. The Morgan fingerprint density at radius 1 is 1.30 bits per heavy atom. The molecule has 1 atom stereocenters. The SMILES string of the molecule is Cc1cnc2c(S(=O)(=O)NC(CO)c3ccco3)cccc2c1. The molecule has 0 aliphatic carbocycles. The first-order valence-electron chi connectivity index (χ1n) is 7.03. The number of rotatable bonds is 5. The Kier molecular flexibility index (Phi) is 4.16. The molecular weight excluding hydrogens is 316 g/mol. The summed E-state index contributed by atoms with van der Waals surface area (Å²) in [6.45, 7) is 1.48. The highest BCUT2D eigenvalue weighted by Gasteiger charge is 2.24. The van der Waals surface area contributed by atoms with Gasteiger partial charge in [0.05, 0.1) is 18.4 Å². The molecule has 1 unspecified atom stereocenters. The van der Waals surface area contributed by atoms with Crippen molar-refractivity contribution in [3.05, 3.63) is 60.2 Å². The van der Waals surface area contributed by atoms with Gasteiger partial charge in [0, 0.05) is 11.6 Å². The number of para-hydroxylation sites is 1. The molecule has 2 aromatic heterocycles. The number of sulfonamides is 1. The summed E-state index contributed by atoms with van der Waals surface area (Å²) in [5.74, 6) is 0.347. The quantitative estimate of drug-likeness (QED) is 0.747. The van der Waals surface area contributed by atoms with Gasteiger partial charge in [-0.1, -0.05) is 12.1 Å². The van der Waals surface area contributed by atoms with Gasteiger partial charge < -0.3 is 9.52 Å². The fraction of sp³-hybridized carbons (Fsp3) is 0.188. The molecule has 0 bridgehead atoms. The number of nitrogens with one attached hydrogen (secondary N) is 1. The number of fused-ring (bicyclic) bond motifs is 1. The number of aromatic nitrogens is 1. The molecule has 2 heterocycles. The van der Waals surface area contributed by atoms with Crippen molar-refractivity contribution in [2.24, 2.45) is 0 Å².